The first-order chi connectivity index (χ1) is 20.0. The van der Waals surface area contributed by atoms with E-state index in [0.717, 1.165) is 0 Å². The Bertz CT molecular complexity index is 1560. The Labute approximate surface area is 245 Å². The zero-order valence-electron chi connectivity index (χ0n) is 24.2. The highest BCUT2D eigenvalue weighted by Crippen LogP contribution is 2.43. The van der Waals surface area contributed by atoms with Crippen LogP contribution in [0, 0.1) is 0 Å². The number of nitrogens with one attached hydrogen (secondary N) is 1. The minimum Gasteiger partial charge on any atom is -0.453 e. The van der Waals surface area contributed by atoms with E-state index in [9.17, 15) is 14.7 Å². The van der Waals surface area contributed by atoms with Crippen LogP contribution in [0.4, 0.5) is 5.82 Å². The number of amides is 1. The highest BCUT2D eigenvalue weighted by molar-refractivity contribution is 6.74. The van der Waals surface area contributed by atoms with Crippen molar-refractivity contribution in [1.82, 2.24) is 19.5 Å². The minimum atomic E-state index is -2.45. The van der Waals surface area contributed by atoms with Crippen LogP contribution in [0.15, 0.2) is 73.3 Å². The van der Waals surface area contributed by atoms with E-state index < -0.39 is 45.4 Å². The van der Waals surface area contributed by atoms with E-state index in [4.69, 9.17) is 13.9 Å². The number of nitrogens with zero attached hydrogens (tertiary/aromatic N) is 4. The number of benzene rings is 2. The molecule has 0 unspecified atom stereocenters. The molecule has 0 aliphatic carbocycles. The lowest BCUT2D eigenvalue weighted by Gasteiger charge is -2.40. The summed E-state index contributed by atoms with van der Waals surface area (Å²) in [5.74, 6) is -0.649. The predicted molar refractivity (Wildman–Crippen MR) is 158 cm³/mol. The number of hydrogen-bond donors (Lipinski definition) is 2. The Morgan fingerprint density at radius 2 is 1.62 bits per heavy atom. The Balaban J connectivity index is 1.52. The molecule has 0 spiro atoms. The van der Waals surface area contributed by atoms with E-state index in [0.29, 0.717) is 22.3 Å². The zero-order valence-corrected chi connectivity index (χ0v) is 25.2. The number of aromatic nitrogens is 4. The third-order valence-electron chi connectivity index (χ3n) is 7.86. The summed E-state index contributed by atoms with van der Waals surface area (Å²) in [6.07, 6.45) is -0.559. The number of fused-ring (bicyclic) bond motifs is 1. The molecule has 1 amide bonds. The van der Waals surface area contributed by atoms with E-state index in [1.54, 1.807) is 53.1 Å². The van der Waals surface area contributed by atoms with Gasteiger partial charge >= 0.3 is 5.97 Å². The monoisotopic (exact) mass is 589 g/mol. The molecule has 1 fully saturated rings. The summed E-state index contributed by atoms with van der Waals surface area (Å²) < 4.78 is 20.8. The van der Waals surface area contributed by atoms with Gasteiger partial charge in [-0.1, -0.05) is 57.2 Å². The van der Waals surface area contributed by atoms with Gasteiger partial charge in [0.25, 0.3) is 5.91 Å². The lowest BCUT2D eigenvalue weighted by atomic mass is 10.1. The summed E-state index contributed by atoms with van der Waals surface area (Å²) in [5, 5.41) is 13.0. The van der Waals surface area contributed by atoms with Crippen molar-refractivity contribution in [2.45, 2.75) is 63.4 Å². The van der Waals surface area contributed by atoms with Crippen molar-refractivity contribution in [2.75, 3.05) is 11.9 Å². The lowest BCUT2D eigenvalue weighted by molar-refractivity contribution is -0.0522. The molecule has 11 nitrogen and oxygen atoms in total. The molecular weight excluding hydrogens is 554 g/mol. The summed E-state index contributed by atoms with van der Waals surface area (Å²) in [5.41, 5.74) is 1.58. The molecular formula is C30H35N5O6Si. The van der Waals surface area contributed by atoms with Gasteiger partial charge in [0.05, 0.1) is 18.5 Å². The summed E-state index contributed by atoms with van der Waals surface area (Å²) in [7, 11) is -2.45. The second-order valence-corrected chi connectivity index (χ2v) is 16.4. The fourth-order valence-corrected chi connectivity index (χ4v) is 5.81. The van der Waals surface area contributed by atoms with Crippen LogP contribution in [0.3, 0.4) is 0 Å². The van der Waals surface area contributed by atoms with Crippen molar-refractivity contribution in [3.8, 4) is 0 Å². The van der Waals surface area contributed by atoms with Crippen molar-refractivity contribution in [3.05, 3.63) is 84.4 Å². The van der Waals surface area contributed by atoms with Crippen LogP contribution in [0.5, 0.6) is 0 Å². The van der Waals surface area contributed by atoms with Gasteiger partial charge in [-0.15, -0.1) is 0 Å². The molecule has 12 heteroatoms. The van der Waals surface area contributed by atoms with E-state index in [1.807, 2.05) is 12.1 Å². The highest BCUT2D eigenvalue weighted by Gasteiger charge is 2.53. The fourth-order valence-electron chi connectivity index (χ4n) is 4.53. The van der Waals surface area contributed by atoms with Crippen molar-refractivity contribution in [2.24, 2.45) is 0 Å². The van der Waals surface area contributed by atoms with Gasteiger partial charge in [-0.05, 0) is 42.4 Å². The number of esters is 1. The Morgan fingerprint density at radius 1 is 0.976 bits per heavy atom. The van der Waals surface area contributed by atoms with Gasteiger partial charge in [0, 0.05) is 5.56 Å². The molecule has 0 bridgehead atoms. The third kappa shape index (κ3) is 5.84. The maximum atomic E-state index is 13.2. The maximum Gasteiger partial charge on any atom is 0.338 e. The van der Waals surface area contributed by atoms with E-state index in [2.05, 4.69) is 54.1 Å². The van der Waals surface area contributed by atoms with Gasteiger partial charge in [0.1, 0.15) is 18.5 Å². The lowest BCUT2D eigenvalue weighted by Crippen LogP contribution is -2.49. The number of hydrogen-bond acceptors (Lipinski definition) is 9. The normalized spacial score (nSPS) is 20.9. The Morgan fingerprint density at radius 3 is 2.24 bits per heavy atom. The van der Waals surface area contributed by atoms with Crippen molar-refractivity contribution in [3.63, 3.8) is 0 Å². The van der Waals surface area contributed by atoms with Gasteiger partial charge in [-0.2, -0.15) is 0 Å². The first kappa shape index (κ1) is 29.5. The minimum absolute atomic E-state index is 0.170. The van der Waals surface area contributed by atoms with Crippen LogP contribution in [-0.4, -0.2) is 69.7 Å². The number of anilines is 1. The number of carbonyl (C=O) groups excluding carboxylic acids is 2. The molecule has 4 atom stereocenters. The topological polar surface area (TPSA) is 138 Å². The first-order valence-corrected chi connectivity index (χ1v) is 16.6. The standard InChI is InChI=1S/C30H35N5O6Si/c1-30(2,3)42(4,5)41-24-23(40-29(38)20-14-10-7-11-15-20)21(16-36)39-28(24)35-18-33-22-25(31-17-32-26(22)35)34-27(37)19-12-8-6-9-13-19/h6-15,17-18,21,23-24,28,36H,16H2,1-5H3,(H,31,32,34,37)/t21-,23-,24-,28-/m1/s1. The van der Waals surface area contributed by atoms with Crippen molar-refractivity contribution in [1.29, 1.82) is 0 Å². The molecule has 1 aliphatic heterocycles. The van der Waals surface area contributed by atoms with E-state index >= 15 is 0 Å². The number of ether oxygens (including phenoxy) is 2. The molecule has 220 valence electrons. The van der Waals surface area contributed by atoms with Gasteiger partial charge < -0.3 is 24.3 Å². The number of imidazole rings is 1. The number of aliphatic hydroxyl groups excluding tert-OH is 1. The summed E-state index contributed by atoms with van der Waals surface area (Å²) in [4.78, 5) is 39.2. The average molecular weight is 590 g/mol. The van der Waals surface area contributed by atoms with Crippen LogP contribution in [0.1, 0.15) is 47.7 Å². The SMILES string of the molecule is CC(C)(C)[Si](C)(C)O[C@@H]1[C@H](OC(=O)c2ccccc2)[C@@H](CO)O[C@H]1n1cnc2c(NC(=O)c3ccccc3)ncnc21. The van der Waals surface area contributed by atoms with E-state index in [1.165, 1.54) is 12.7 Å². The molecule has 1 saturated heterocycles. The van der Waals surface area contributed by atoms with Gasteiger partial charge in [0.15, 0.2) is 37.6 Å². The molecule has 3 heterocycles. The summed E-state index contributed by atoms with van der Waals surface area (Å²) in [6.45, 7) is 10.1. The summed E-state index contributed by atoms with van der Waals surface area (Å²) in [6, 6.07) is 17.4. The molecule has 2 aromatic carbocycles. The second-order valence-electron chi connectivity index (χ2n) is 11.7. The molecule has 5 rings (SSSR count). The van der Waals surface area contributed by atoms with Crippen LogP contribution >= 0.6 is 0 Å². The Hall–Kier alpha value is -3.97. The van der Waals surface area contributed by atoms with Crippen molar-refractivity contribution < 1.29 is 28.6 Å². The van der Waals surface area contributed by atoms with Crippen LogP contribution in [0.25, 0.3) is 11.2 Å². The number of aliphatic hydroxyl groups is 1. The van der Waals surface area contributed by atoms with Gasteiger partial charge in [0.2, 0.25) is 0 Å². The largest absolute Gasteiger partial charge is 0.453 e. The quantitative estimate of drug-likeness (QED) is 0.223. The van der Waals surface area contributed by atoms with Crippen LogP contribution < -0.4 is 5.32 Å². The molecule has 1 aliphatic rings. The smallest absolute Gasteiger partial charge is 0.338 e. The predicted octanol–water partition coefficient (Wildman–Crippen LogP) is 4.58. The molecule has 4 aromatic rings. The fraction of sp³-hybridized carbons (Fsp3) is 0.367. The average Bonchev–Trinajstić information content (AvgIpc) is 3.55. The Kier molecular flexibility index (Phi) is 8.24. The van der Waals surface area contributed by atoms with Crippen LogP contribution in [0.2, 0.25) is 18.1 Å². The third-order valence-corrected chi connectivity index (χ3v) is 12.3. The molecule has 0 saturated carbocycles. The van der Waals surface area contributed by atoms with Crippen LogP contribution in [-0.2, 0) is 13.9 Å². The second kappa shape index (κ2) is 11.7. The molecule has 2 aromatic heterocycles. The number of carbonyl (C=O) groups is 2. The number of rotatable bonds is 8. The molecule has 42 heavy (non-hydrogen) atoms. The highest BCUT2D eigenvalue weighted by atomic mass is 28.4. The molecule has 2 N–H and O–H groups in total. The maximum absolute atomic E-state index is 13.2. The van der Waals surface area contributed by atoms with E-state index in [-0.39, 0.29) is 16.8 Å². The molecule has 0 radical (unpaired) electrons. The van der Waals surface area contributed by atoms with Gasteiger partial charge in [-0.3, -0.25) is 9.36 Å². The van der Waals surface area contributed by atoms with Gasteiger partial charge in [-0.25, -0.2) is 19.7 Å². The zero-order chi connectivity index (χ0) is 30.1. The summed E-state index contributed by atoms with van der Waals surface area (Å²) >= 11 is 0. The first-order valence-electron chi connectivity index (χ1n) is 13.7. The van der Waals surface area contributed by atoms with Crippen molar-refractivity contribution >= 4 is 37.2 Å².